The minimum atomic E-state index is -3.84. The molecule has 0 saturated heterocycles. The summed E-state index contributed by atoms with van der Waals surface area (Å²) in [7, 11) is -4.86. The van der Waals surface area contributed by atoms with Crippen molar-refractivity contribution in [2.45, 2.75) is 6.67 Å². The molecular weight excluding hydrogens is 665 g/mol. The fourth-order valence-corrected chi connectivity index (χ4v) is 7.35. The van der Waals surface area contributed by atoms with Gasteiger partial charge in [-0.15, -0.1) is 0 Å². The van der Waals surface area contributed by atoms with E-state index in [1.807, 2.05) is 0 Å². The molecular formula is C33H27F2N5O6S2. The van der Waals surface area contributed by atoms with Crippen LogP contribution in [0.3, 0.4) is 0 Å². The number of carbonyl (C=O) groups excluding carboxylic acids is 1. The van der Waals surface area contributed by atoms with Gasteiger partial charge in [0.1, 0.15) is 35.3 Å². The number of sulfonamides is 2. The first-order valence-corrected chi connectivity index (χ1v) is 18.2. The van der Waals surface area contributed by atoms with Crippen molar-refractivity contribution < 1.29 is 34.8 Å². The lowest BCUT2D eigenvalue weighted by Crippen LogP contribution is -2.35. The summed E-state index contributed by atoms with van der Waals surface area (Å²) in [6, 6.07) is 17.7. The summed E-state index contributed by atoms with van der Waals surface area (Å²) in [5, 5.41) is 3.20. The van der Waals surface area contributed by atoms with Crippen molar-refractivity contribution in [2.24, 2.45) is 0 Å². The summed E-state index contributed by atoms with van der Waals surface area (Å²) in [4.78, 5) is 18.2. The molecule has 7 rings (SSSR count). The summed E-state index contributed by atoms with van der Waals surface area (Å²) in [6.45, 7) is -0.111. The Labute approximate surface area is 274 Å². The number of nitrogens with one attached hydrogen (secondary N) is 1. The summed E-state index contributed by atoms with van der Waals surface area (Å²) in [6.07, 6.45) is 2.09. The van der Waals surface area contributed by atoms with Gasteiger partial charge in [0.2, 0.25) is 20.0 Å². The van der Waals surface area contributed by atoms with Crippen molar-refractivity contribution in [1.29, 1.82) is 0 Å². The van der Waals surface area contributed by atoms with Gasteiger partial charge in [-0.25, -0.2) is 34.9 Å². The molecule has 0 atom stereocenters. The fraction of sp³-hybridized carbons (Fsp3) is 0.152. The monoisotopic (exact) mass is 691 g/mol. The number of halogens is 2. The van der Waals surface area contributed by atoms with E-state index in [0.717, 1.165) is 21.1 Å². The molecule has 0 fully saturated rings. The van der Waals surface area contributed by atoms with E-state index in [0.29, 0.717) is 22.2 Å². The number of pyridine rings is 1. The van der Waals surface area contributed by atoms with Gasteiger partial charge in [-0.2, -0.15) is 0 Å². The van der Waals surface area contributed by atoms with Gasteiger partial charge in [-0.1, -0.05) is 6.07 Å². The first-order chi connectivity index (χ1) is 22.7. The van der Waals surface area contributed by atoms with Gasteiger partial charge in [-0.05, 0) is 60.7 Å². The van der Waals surface area contributed by atoms with Crippen LogP contribution >= 0.6 is 0 Å². The number of hydrogen-bond donors (Lipinski definition) is 1. The van der Waals surface area contributed by atoms with Crippen LogP contribution in [0, 0.1) is 11.6 Å². The highest BCUT2D eigenvalue weighted by molar-refractivity contribution is 7.92. The molecule has 0 radical (unpaired) electrons. The molecule has 1 amide bonds. The first-order valence-electron chi connectivity index (χ1n) is 14.5. The molecule has 6 aromatic rings. The van der Waals surface area contributed by atoms with Crippen LogP contribution in [0.1, 0.15) is 10.4 Å². The highest BCUT2D eigenvalue weighted by Gasteiger charge is 2.32. The number of aromatic nitrogens is 2. The largest absolute Gasteiger partial charge is 0.455 e. The Balaban J connectivity index is 1.53. The molecule has 3 aromatic carbocycles. The Morgan fingerprint density at radius 3 is 2.35 bits per heavy atom. The van der Waals surface area contributed by atoms with E-state index in [4.69, 9.17) is 9.40 Å². The molecule has 0 saturated carbocycles. The lowest BCUT2D eigenvalue weighted by molar-refractivity contribution is 0.0964. The van der Waals surface area contributed by atoms with E-state index in [1.165, 1.54) is 56.6 Å². The molecule has 0 unspecified atom stereocenters. The van der Waals surface area contributed by atoms with Gasteiger partial charge in [0.25, 0.3) is 5.91 Å². The predicted octanol–water partition coefficient (Wildman–Crippen LogP) is 5.55. The normalized spacial score (nSPS) is 13.1. The smallest absolute Gasteiger partial charge is 0.255 e. The molecule has 0 aliphatic carbocycles. The molecule has 1 aliphatic heterocycles. The quantitative estimate of drug-likeness (QED) is 0.242. The first kappa shape index (κ1) is 31.3. The Morgan fingerprint density at radius 2 is 1.69 bits per heavy atom. The van der Waals surface area contributed by atoms with Gasteiger partial charge in [-0.3, -0.25) is 9.10 Å². The van der Waals surface area contributed by atoms with Crippen LogP contribution in [-0.4, -0.2) is 58.9 Å². The Morgan fingerprint density at radius 1 is 0.958 bits per heavy atom. The van der Waals surface area contributed by atoms with Crippen molar-refractivity contribution in [3.8, 4) is 34.0 Å². The number of hydrogen-bond acceptors (Lipinski definition) is 7. The van der Waals surface area contributed by atoms with Gasteiger partial charge in [0.05, 0.1) is 46.4 Å². The number of carbonyl (C=O) groups is 1. The standard InChI is InChI=1S/C33H27F2N5O6S2/c1-36-33(41)30-22-14-21(27(38(2)47(3,42)43)16-29(22)46-32(30)18-8-10-19(34)11-9-18)24-12-13-26-31(37-24)28-15-20-23(35)6-5-7-25(20)39(28)17-40(26)48(4,44)45/h5-16H,17H2,1-4H3,(H,36,41). The molecule has 48 heavy (non-hydrogen) atoms. The molecule has 1 aliphatic rings. The molecule has 3 aromatic heterocycles. The second-order valence-electron chi connectivity index (χ2n) is 11.4. The van der Waals surface area contributed by atoms with Crippen molar-refractivity contribution in [1.82, 2.24) is 14.9 Å². The molecule has 15 heteroatoms. The third-order valence-electron chi connectivity index (χ3n) is 8.43. The zero-order chi connectivity index (χ0) is 34.3. The molecule has 246 valence electrons. The van der Waals surface area contributed by atoms with Crippen molar-refractivity contribution >= 4 is 59.2 Å². The predicted molar refractivity (Wildman–Crippen MR) is 180 cm³/mol. The third kappa shape index (κ3) is 4.97. The van der Waals surface area contributed by atoms with Crippen molar-refractivity contribution in [3.63, 3.8) is 0 Å². The second kappa shape index (κ2) is 10.9. The summed E-state index contributed by atoms with van der Waals surface area (Å²) in [5.74, 6) is -1.33. The van der Waals surface area contributed by atoms with Crippen LogP contribution in [-0.2, 0) is 26.7 Å². The number of rotatable bonds is 6. The van der Waals surface area contributed by atoms with E-state index in [9.17, 15) is 30.4 Å². The second-order valence-corrected chi connectivity index (χ2v) is 15.4. The van der Waals surface area contributed by atoms with Crippen LogP contribution in [0.4, 0.5) is 20.2 Å². The summed E-state index contributed by atoms with van der Waals surface area (Å²) < 4.78 is 90.4. The van der Waals surface area contributed by atoms with Gasteiger partial charge < -0.3 is 14.3 Å². The van der Waals surface area contributed by atoms with Crippen LogP contribution < -0.4 is 13.9 Å². The average Bonchev–Trinajstić information content (AvgIpc) is 3.61. The topological polar surface area (TPSA) is 135 Å². The van der Waals surface area contributed by atoms with E-state index in [1.54, 1.807) is 34.9 Å². The number of amides is 1. The zero-order valence-electron chi connectivity index (χ0n) is 25.9. The van der Waals surface area contributed by atoms with Crippen molar-refractivity contribution in [3.05, 3.63) is 90.0 Å². The van der Waals surface area contributed by atoms with Crippen LogP contribution in [0.25, 0.3) is 55.8 Å². The van der Waals surface area contributed by atoms with Gasteiger partial charge >= 0.3 is 0 Å². The Kier molecular flexibility index (Phi) is 7.10. The highest BCUT2D eigenvalue weighted by atomic mass is 32.2. The minimum absolute atomic E-state index is 0.111. The van der Waals surface area contributed by atoms with E-state index < -0.39 is 37.6 Å². The van der Waals surface area contributed by atoms with Gasteiger partial charge in [0.15, 0.2) is 0 Å². The van der Waals surface area contributed by atoms with Crippen LogP contribution in [0.2, 0.25) is 0 Å². The maximum absolute atomic E-state index is 14.9. The van der Waals surface area contributed by atoms with Gasteiger partial charge in [0, 0.05) is 42.1 Å². The Hall–Kier alpha value is -5.28. The highest BCUT2D eigenvalue weighted by Crippen LogP contribution is 2.44. The van der Waals surface area contributed by atoms with E-state index in [2.05, 4.69) is 5.32 Å². The van der Waals surface area contributed by atoms with Crippen molar-refractivity contribution in [2.75, 3.05) is 35.2 Å². The van der Waals surface area contributed by atoms with E-state index >= 15 is 0 Å². The summed E-state index contributed by atoms with van der Waals surface area (Å²) >= 11 is 0. The number of anilines is 2. The van der Waals surface area contributed by atoms with Crippen LogP contribution in [0.5, 0.6) is 0 Å². The Bertz CT molecular complexity index is 2550. The zero-order valence-corrected chi connectivity index (χ0v) is 27.6. The number of nitrogens with zero attached hydrogens (tertiary/aromatic N) is 4. The number of fused-ring (bicyclic) bond motifs is 6. The van der Waals surface area contributed by atoms with Crippen LogP contribution in [0.15, 0.2) is 77.2 Å². The number of benzene rings is 3. The summed E-state index contributed by atoms with van der Waals surface area (Å²) in [5.41, 5.74) is 2.80. The molecule has 4 heterocycles. The lowest BCUT2D eigenvalue weighted by Gasteiger charge is -2.31. The average molecular weight is 692 g/mol. The molecule has 0 bridgehead atoms. The maximum Gasteiger partial charge on any atom is 0.255 e. The maximum atomic E-state index is 14.9. The number of furan rings is 1. The lowest BCUT2D eigenvalue weighted by atomic mass is 10.00. The fourth-order valence-electron chi connectivity index (χ4n) is 6.01. The molecule has 0 spiro atoms. The molecule has 1 N–H and O–H groups in total. The molecule has 11 nitrogen and oxygen atoms in total. The SMILES string of the molecule is CNC(=O)c1c(-c2ccc(F)cc2)oc2cc(N(C)S(C)(=O)=O)c(-c3ccc4c(n3)-c3cc5c(F)cccc5n3CN4S(C)(=O)=O)cc12. The minimum Gasteiger partial charge on any atom is -0.455 e. The van der Waals surface area contributed by atoms with E-state index in [-0.39, 0.29) is 57.3 Å². The third-order valence-corrected chi connectivity index (χ3v) is 10.7.